The van der Waals surface area contributed by atoms with Gasteiger partial charge in [0, 0.05) is 13.3 Å². The van der Waals surface area contributed by atoms with E-state index in [0.717, 1.165) is 5.56 Å². The number of rotatable bonds is 9. The first-order valence-electron chi connectivity index (χ1n) is 7.25. The topological polar surface area (TPSA) is 98.3 Å². The highest BCUT2D eigenvalue weighted by Crippen LogP contribution is 2.05. The molecule has 0 spiro atoms. The van der Waals surface area contributed by atoms with E-state index in [1.807, 2.05) is 36.6 Å². The molecule has 0 bridgehead atoms. The molecule has 7 heteroatoms. The van der Waals surface area contributed by atoms with E-state index in [-0.39, 0.29) is 18.7 Å². The Labute approximate surface area is 140 Å². The number of carboxylic acids is 1. The number of amides is 2. The van der Waals surface area contributed by atoms with Crippen LogP contribution in [0.5, 0.6) is 0 Å². The summed E-state index contributed by atoms with van der Waals surface area (Å²) in [5, 5.41) is 16.1. The molecule has 0 aromatic heterocycles. The molecule has 23 heavy (non-hydrogen) atoms. The Bertz CT molecular complexity index is 536. The molecule has 126 valence electrons. The molecular formula is C16H21N2O4S-. The molecule has 0 saturated heterocycles. The smallest absolute Gasteiger partial charge is 0.243 e. The van der Waals surface area contributed by atoms with Crippen LogP contribution in [0, 0.1) is 0 Å². The van der Waals surface area contributed by atoms with Crippen molar-refractivity contribution < 1.29 is 19.5 Å². The van der Waals surface area contributed by atoms with Gasteiger partial charge in [0.15, 0.2) is 0 Å². The maximum Gasteiger partial charge on any atom is 0.243 e. The van der Waals surface area contributed by atoms with Crippen molar-refractivity contribution in [1.82, 2.24) is 10.6 Å². The van der Waals surface area contributed by atoms with Crippen molar-refractivity contribution in [3.05, 3.63) is 35.9 Å². The van der Waals surface area contributed by atoms with Gasteiger partial charge in [-0.25, -0.2) is 0 Å². The van der Waals surface area contributed by atoms with Gasteiger partial charge in [0.2, 0.25) is 11.8 Å². The van der Waals surface area contributed by atoms with E-state index in [1.54, 1.807) is 0 Å². The summed E-state index contributed by atoms with van der Waals surface area (Å²) in [6.45, 7) is 1.31. The number of aliphatic carboxylic acids is 1. The SMILES string of the molecule is CSCC[C@H](NC(=O)[C@@H](Cc1ccccc1)NC(C)=O)C(=O)[O-]. The lowest BCUT2D eigenvalue weighted by Crippen LogP contribution is -2.55. The van der Waals surface area contributed by atoms with Crippen molar-refractivity contribution in [3.63, 3.8) is 0 Å². The van der Waals surface area contributed by atoms with Crippen LogP contribution in [-0.2, 0) is 20.8 Å². The number of hydrogen-bond donors (Lipinski definition) is 2. The van der Waals surface area contributed by atoms with E-state index < -0.39 is 24.0 Å². The Hall–Kier alpha value is -2.02. The second-order valence-electron chi connectivity index (χ2n) is 5.10. The monoisotopic (exact) mass is 337 g/mol. The fourth-order valence-corrected chi connectivity index (χ4v) is 2.53. The standard InChI is InChI=1S/C16H22N2O4S/c1-11(19)17-14(10-12-6-4-3-5-7-12)15(20)18-13(16(21)22)8-9-23-2/h3-7,13-14H,8-10H2,1-2H3,(H,17,19)(H,18,20)(H,21,22)/p-1/t13-,14+/m0/s1. The van der Waals surface area contributed by atoms with Crippen LogP contribution in [0.25, 0.3) is 0 Å². The largest absolute Gasteiger partial charge is 0.548 e. The molecular weight excluding hydrogens is 316 g/mol. The summed E-state index contributed by atoms with van der Waals surface area (Å²) in [5.41, 5.74) is 0.871. The fraction of sp³-hybridized carbons (Fsp3) is 0.438. The zero-order valence-electron chi connectivity index (χ0n) is 13.2. The summed E-state index contributed by atoms with van der Waals surface area (Å²) in [4.78, 5) is 34.8. The van der Waals surface area contributed by atoms with Gasteiger partial charge in [-0.05, 0) is 24.0 Å². The van der Waals surface area contributed by atoms with Gasteiger partial charge in [-0.2, -0.15) is 11.8 Å². The molecule has 1 aromatic carbocycles. The predicted molar refractivity (Wildman–Crippen MR) is 87.7 cm³/mol. The van der Waals surface area contributed by atoms with Crippen molar-refractivity contribution >= 4 is 29.5 Å². The molecule has 2 amide bonds. The number of carbonyl (C=O) groups is 3. The number of thioether (sulfide) groups is 1. The average molecular weight is 337 g/mol. The van der Waals surface area contributed by atoms with Crippen LogP contribution >= 0.6 is 11.8 Å². The van der Waals surface area contributed by atoms with Crippen molar-refractivity contribution in [1.29, 1.82) is 0 Å². The summed E-state index contributed by atoms with van der Waals surface area (Å²) in [6.07, 6.45) is 2.41. The summed E-state index contributed by atoms with van der Waals surface area (Å²) in [6, 6.07) is 7.30. The average Bonchev–Trinajstić information content (AvgIpc) is 2.50. The second-order valence-corrected chi connectivity index (χ2v) is 6.09. The van der Waals surface area contributed by atoms with Gasteiger partial charge in [0.1, 0.15) is 6.04 Å². The Balaban J connectivity index is 2.77. The quantitative estimate of drug-likeness (QED) is 0.646. The highest BCUT2D eigenvalue weighted by molar-refractivity contribution is 7.98. The lowest BCUT2D eigenvalue weighted by molar-refractivity contribution is -0.308. The van der Waals surface area contributed by atoms with E-state index in [9.17, 15) is 19.5 Å². The molecule has 0 unspecified atom stereocenters. The Morgan fingerprint density at radius 3 is 2.30 bits per heavy atom. The highest BCUT2D eigenvalue weighted by atomic mass is 32.2. The first kappa shape index (κ1) is 19.0. The number of nitrogens with one attached hydrogen (secondary N) is 2. The number of carbonyl (C=O) groups excluding carboxylic acids is 3. The minimum atomic E-state index is -1.33. The predicted octanol–water partition coefficient (Wildman–Crippen LogP) is -0.278. The van der Waals surface area contributed by atoms with E-state index in [1.165, 1.54) is 18.7 Å². The van der Waals surface area contributed by atoms with Crippen LogP contribution in [0.2, 0.25) is 0 Å². The van der Waals surface area contributed by atoms with E-state index in [0.29, 0.717) is 5.75 Å². The van der Waals surface area contributed by atoms with Gasteiger partial charge in [0.25, 0.3) is 0 Å². The van der Waals surface area contributed by atoms with Crippen LogP contribution < -0.4 is 15.7 Å². The zero-order chi connectivity index (χ0) is 17.2. The lowest BCUT2D eigenvalue weighted by atomic mass is 10.0. The van der Waals surface area contributed by atoms with E-state index >= 15 is 0 Å². The molecule has 0 aliphatic heterocycles. The van der Waals surface area contributed by atoms with Gasteiger partial charge in [0.05, 0.1) is 12.0 Å². The molecule has 0 aliphatic rings. The molecule has 2 atom stereocenters. The molecule has 0 fully saturated rings. The summed E-state index contributed by atoms with van der Waals surface area (Å²) in [5.74, 6) is -1.62. The van der Waals surface area contributed by atoms with Crippen molar-refractivity contribution in [2.24, 2.45) is 0 Å². The molecule has 0 heterocycles. The Morgan fingerprint density at radius 2 is 1.78 bits per heavy atom. The normalized spacial score (nSPS) is 13.0. The van der Waals surface area contributed by atoms with Crippen LogP contribution in [0.1, 0.15) is 18.9 Å². The maximum atomic E-state index is 12.3. The minimum Gasteiger partial charge on any atom is -0.548 e. The fourth-order valence-electron chi connectivity index (χ4n) is 2.06. The zero-order valence-corrected chi connectivity index (χ0v) is 14.0. The molecule has 0 radical (unpaired) electrons. The van der Waals surface area contributed by atoms with Crippen LogP contribution in [-0.4, -0.2) is 41.9 Å². The van der Waals surface area contributed by atoms with Crippen LogP contribution in [0.3, 0.4) is 0 Å². The van der Waals surface area contributed by atoms with Crippen LogP contribution in [0.15, 0.2) is 30.3 Å². The van der Waals surface area contributed by atoms with Crippen LogP contribution in [0.4, 0.5) is 0 Å². The number of carboxylic acid groups (broad SMARTS) is 1. The molecule has 0 saturated carbocycles. The van der Waals surface area contributed by atoms with Gasteiger partial charge in [-0.3, -0.25) is 9.59 Å². The minimum absolute atomic E-state index is 0.271. The molecule has 2 N–H and O–H groups in total. The lowest BCUT2D eigenvalue weighted by Gasteiger charge is -2.23. The summed E-state index contributed by atoms with van der Waals surface area (Å²) >= 11 is 1.48. The van der Waals surface area contributed by atoms with Gasteiger partial charge in [-0.15, -0.1) is 0 Å². The van der Waals surface area contributed by atoms with E-state index in [2.05, 4.69) is 10.6 Å². The van der Waals surface area contributed by atoms with Gasteiger partial charge >= 0.3 is 0 Å². The summed E-state index contributed by atoms with van der Waals surface area (Å²) in [7, 11) is 0. The first-order chi connectivity index (χ1) is 10.9. The highest BCUT2D eigenvalue weighted by Gasteiger charge is 2.23. The number of benzene rings is 1. The second kappa shape index (κ2) is 9.89. The molecule has 1 rings (SSSR count). The third-order valence-electron chi connectivity index (χ3n) is 3.19. The van der Waals surface area contributed by atoms with Gasteiger partial charge in [-0.1, -0.05) is 30.3 Å². The summed E-state index contributed by atoms with van der Waals surface area (Å²) < 4.78 is 0. The maximum absolute atomic E-state index is 12.3. The molecule has 0 aliphatic carbocycles. The van der Waals surface area contributed by atoms with Crippen molar-refractivity contribution in [3.8, 4) is 0 Å². The number of hydrogen-bond acceptors (Lipinski definition) is 5. The van der Waals surface area contributed by atoms with Crippen molar-refractivity contribution in [2.75, 3.05) is 12.0 Å². The first-order valence-corrected chi connectivity index (χ1v) is 8.64. The molecule has 6 nitrogen and oxygen atoms in total. The van der Waals surface area contributed by atoms with Crippen molar-refractivity contribution in [2.45, 2.75) is 31.8 Å². The Kier molecular flexibility index (Phi) is 8.18. The third kappa shape index (κ3) is 7.19. The van der Waals surface area contributed by atoms with Gasteiger partial charge < -0.3 is 20.5 Å². The molecule has 1 aromatic rings. The third-order valence-corrected chi connectivity index (χ3v) is 3.83. The Morgan fingerprint density at radius 1 is 1.13 bits per heavy atom. The van der Waals surface area contributed by atoms with E-state index in [4.69, 9.17) is 0 Å².